The Bertz CT molecular complexity index is 1440. The second-order valence-electron chi connectivity index (χ2n) is 8.57. The quantitative estimate of drug-likeness (QED) is 0.344. The van der Waals surface area contributed by atoms with Gasteiger partial charge in [0.25, 0.3) is 5.56 Å². The average molecular weight is 555 g/mol. The molecule has 0 bridgehead atoms. The number of fused-ring (bicyclic) bond motifs is 1. The van der Waals surface area contributed by atoms with Crippen molar-refractivity contribution in [3.05, 3.63) is 80.1 Å². The van der Waals surface area contributed by atoms with E-state index in [9.17, 15) is 4.79 Å². The third-order valence-corrected chi connectivity index (χ3v) is 6.98. The fraction of sp³-hybridized carbons (Fsp3) is 0.269. The molecule has 2 aromatic heterocycles. The maximum absolute atomic E-state index is 13.3. The molecule has 0 saturated carbocycles. The molecule has 2 aromatic carbocycles. The number of morpholine rings is 1. The van der Waals surface area contributed by atoms with Crippen LogP contribution in [0.1, 0.15) is 18.6 Å². The number of ether oxygens (including phenoxy) is 1. The molecule has 0 radical (unpaired) electrons. The smallest absolute Gasteiger partial charge is 0.260 e. The van der Waals surface area contributed by atoms with Crippen molar-refractivity contribution in [2.45, 2.75) is 19.6 Å². The van der Waals surface area contributed by atoms with Crippen LogP contribution in [0, 0.1) is 0 Å². The summed E-state index contributed by atoms with van der Waals surface area (Å²) in [5.74, 6) is 0.426. The molecule has 1 unspecified atom stereocenters. The lowest BCUT2D eigenvalue weighted by molar-refractivity contribution is -0.0208. The minimum Gasteiger partial charge on any atom is -0.371 e. The number of hydrogen-bond acceptors (Lipinski definition) is 6. The number of rotatable bonds is 5. The maximum Gasteiger partial charge on any atom is 0.260 e. The van der Waals surface area contributed by atoms with Crippen LogP contribution in [-0.2, 0) is 11.3 Å². The van der Waals surface area contributed by atoms with Crippen molar-refractivity contribution < 1.29 is 4.74 Å². The normalized spacial score (nSPS) is 16.5. The van der Waals surface area contributed by atoms with Crippen molar-refractivity contribution in [2.75, 3.05) is 32.1 Å². The Kier molecular flexibility index (Phi) is 6.88. The number of likely N-dealkylation sites (N-methyl/N-ethyl adjacent to an activating group) is 1. The lowest BCUT2D eigenvalue weighted by atomic mass is 10.1. The minimum absolute atomic E-state index is 0.0760. The molecule has 180 valence electrons. The molecule has 0 spiro atoms. The van der Waals surface area contributed by atoms with E-state index < -0.39 is 0 Å². The first kappa shape index (κ1) is 23.9. The summed E-state index contributed by atoms with van der Waals surface area (Å²) in [6, 6.07) is 15.4. The Labute approximate surface area is 216 Å². The number of aromatic nitrogens is 3. The van der Waals surface area contributed by atoms with E-state index >= 15 is 0 Å². The van der Waals surface area contributed by atoms with E-state index in [1.807, 2.05) is 31.2 Å². The van der Waals surface area contributed by atoms with Crippen molar-refractivity contribution in [3.8, 4) is 11.1 Å². The first-order chi connectivity index (χ1) is 16.9. The number of pyridine rings is 1. The third kappa shape index (κ3) is 4.97. The van der Waals surface area contributed by atoms with E-state index in [0.717, 1.165) is 40.8 Å². The van der Waals surface area contributed by atoms with Crippen molar-refractivity contribution >= 4 is 50.2 Å². The van der Waals surface area contributed by atoms with Crippen LogP contribution >= 0.6 is 27.5 Å². The average Bonchev–Trinajstić information content (AvgIpc) is 2.85. The molecule has 7 nitrogen and oxygen atoms in total. The summed E-state index contributed by atoms with van der Waals surface area (Å²) in [6.45, 7) is 4.96. The number of anilines is 2. The van der Waals surface area contributed by atoms with Crippen LogP contribution in [0.25, 0.3) is 22.2 Å². The van der Waals surface area contributed by atoms with Crippen LogP contribution in [-0.4, -0.2) is 46.2 Å². The molecule has 1 fully saturated rings. The zero-order chi connectivity index (χ0) is 24.5. The molecule has 35 heavy (non-hydrogen) atoms. The summed E-state index contributed by atoms with van der Waals surface area (Å²) >= 11 is 9.85. The molecule has 1 N–H and O–H groups in total. The fourth-order valence-electron chi connectivity index (χ4n) is 4.30. The summed E-state index contributed by atoms with van der Waals surface area (Å²) in [6.07, 6.45) is 1.80. The Morgan fingerprint density at radius 2 is 1.97 bits per heavy atom. The van der Waals surface area contributed by atoms with Gasteiger partial charge in [-0.3, -0.25) is 9.36 Å². The van der Waals surface area contributed by atoms with Crippen LogP contribution in [0.4, 0.5) is 11.6 Å². The van der Waals surface area contributed by atoms with Crippen LogP contribution in [0.15, 0.2) is 64.0 Å². The molecule has 5 rings (SSSR count). The number of nitrogens with zero attached hydrogens (tertiary/aromatic N) is 4. The van der Waals surface area contributed by atoms with Gasteiger partial charge in [0.05, 0.1) is 12.7 Å². The molecule has 0 aliphatic carbocycles. The van der Waals surface area contributed by atoms with E-state index in [0.29, 0.717) is 34.3 Å². The van der Waals surface area contributed by atoms with E-state index in [4.69, 9.17) is 16.3 Å². The predicted molar refractivity (Wildman–Crippen MR) is 144 cm³/mol. The van der Waals surface area contributed by atoms with Crippen molar-refractivity contribution in [2.24, 2.45) is 0 Å². The van der Waals surface area contributed by atoms with Crippen LogP contribution in [0.5, 0.6) is 0 Å². The van der Waals surface area contributed by atoms with Gasteiger partial charge in [0, 0.05) is 57.5 Å². The molecule has 4 aromatic rings. The largest absolute Gasteiger partial charge is 0.371 e. The number of aryl methyl sites for hydroxylation is 1. The SMILES string of the molecule is CCn1c(=O)c(-c2ccc(Br)cc2Cl)cc2cnc(Nc3ccc(C4CN(C)CCO4)cc3)nc21. The highest BCUT2D eigenvalue weighted by atomic mass is 79.9. The lowest BCUT2D eigenvalue weighted by Crippen LogP contribution is -2.35. The van der Waals surface area contributed by atoms with Gasteiger partial charge in [-0.2, -0.15) is 4.98 Å². The summed E-state index contributed by atoms with van der Waals surface area (Å²) in [7, 11) is 2.11. The molecule has 1 saturated heterocycles. The van der Waals surface area contributed by atoms with Gasteiger partial charge < -0.3 is 15.0 Å². The number of hydrogen-bond donors (Lipinski definition) is 1. The zero-order valence-corrected chi connectivity index (χ0v) is 21.8. The Hall–Kier alpha value is -2.78. The van der Waals surface area contributed by atoms with E-state index in [2.05, 4.69) is 55.3 Å². The highest BCUT2D eigenvalue weighted by molar-refractivity contribution is 9.10. The fourth-order valence-corrected chi connectivity index (χ4v) is 5.08. The second-order valence-corrected chi connectivity index (χ2v) is 9.90. The Morgan fingerprint density at radius 1 is 1.17 bits per heavy atom. The molecule has 0 amide bonds. The number of halogens is 2. The highest BCUT2D eigenvalue weighted by Crippen LogP contribution is 2.30. The molecule has 1 aliphatic rings. The standard InChI is InChI=1S/C26H25BrClN5O2/c1-3-33-24-17(12-21(25(33)34)20-9-6-18(27)13-22(20)28)14-29-26(31-24)30-19-7-4-16(5-8-19)23-15-32(2)10-11-35-23/h4-9,12-14,23H,3,10-11,15H2,1-2H3,(H,29,30,31). The van der Waals surface area contributed by atoms with Crippen molar-refractivity contribution in [3.63, 3.8) is 0 Å². The van der Waals surface area contributed by atoms with Gasteiger partial charge in [0.2, 0.25) is 5.95 Å². The highest BCUT2D eigenvalue weighted by Gasteiger charge is 2.19. The monoisotopic (exact) mass is 553 g/mol. The molecule has 1 aliphatic heterocycles. The van der Waals surface area contributed by atoms with E-state index in [-0.39, 0.29) is 11.7 Å². The molecular weight excluding hydrogens is 530 g/mol. The summed E-state index contributed by atoms with van der Waals surface area (Å²) in [4.78, 5) is 24.8. The first-order valence-corrected chi connectivity index (χ1v) is 12.6. The molecule has 9 heteroatoms. The zero-order valence-electron chi connectivity index (χ0n) is 19.5. The molecular formula is C26H25BrClN5O2. The van der Waals surface area contributed by atoms with Gasteiger partial charge in [0.15, 0.2) is 0 Å². The summed E-state index contributed by atoms with van der Waals surface area (Å²) < 4.78 is 8.41. The van der Waals surface area contributed by atoms with Gasteiger partial charge in [-0.25, -0.2) is 4.98 Å². The van der Waals surface area contributed by atoms with Gasteiger partial charge in [-0.1, -0.05) is 45.7 Å². The summed E-state index contributed by atoms with van der Waals surface area (Å²) in [5, 5.41) is 4.52. The molecule has 1 atom stereocenters. The van der Waals surface area contributed by atoms with Gasteiger partial charge in [-0.05, 0) is 49.9 Å². The predicted octanol–water partition coefficient (Wildman–Crippen LogP) is 5.64. The van der Waals surface area contributed by atoms with Crippen molar-refractivity contribution in [1.82, 2.24) is 19.4 Å². The van der Waals surface area contributed by atoms with E-state index in [1.54, 1.807) is 22.9 Å². The Balaban J connectivity index is 1.45. The first-order valence-electron chi connectivity index (χ1n) is 11.5. The van der Waals surface area contributed by atoms with Crippen LogP contribution in [0.3, 0.4) is 0 Å². The second kappa shape index (κ2) is 10.1. The lowest BCUT2D eigenvalue weighted by Gasteiger charge is -2.30. The third-order valence-electron chi connectivity index (χ3n) is 6.17. The van der Waals surface area contributed by atoms with Gasteiger partial charge >= 0.3 is 0 Å². The number of nitrogens with one attached hydrogen (secondary N) is 1. The number of benzene rings is 2. The summed E-state index contributed by atoms with van der Waals surface area (Å²) in [5.41, 5.74) is 3.63. The topological polar surface area (TPSA) is 72.3 Å². The van der Waals surface area contributed by atoms with Crippen LogP contribution in [0.2, 0.25) is 5.02 Å². The Morgan fingerprint density at radius 3 is 2.69 bits per heavy atom. The van der Waals surface area contributed by atoms with Gasteiger partial charge in [-0.15, -0.1) is 0 Å². The molecule has 3 heterocycles. The van der Waals surface area contributed by atoms with Crippen molar-refractivity contribution in [1.29, 1.82) is 0 Å². The minimum atomic E-state index is -0.143. The van der Waals surface area contributed by atoms with Crippen LogP contribution < -0.4 is 10.9 Å². The van der Waals surface area contributed by atoms with Gasteiger partial charge in [0.1, 0.15) is 5.65 Å². The maximum atomic E-state index is 13.3. The van der Waals surface area contributed by atoms with E-state index in [1.165, 1.54) is 0 Å².